The minimum absolute atomic E-state index is 0.122. The van der Waals surface area contributed by atoms with Crippen LogP contribution in [-0.4, -0.2) is 5.11 Å². The van der Waals surface area contributed by atoms with Crippen LogP contribution in [0.1, 0.15) is 26.2 Å². The maximum atomic E-state index is 9.32. The van der Waals surface area contributed by atoms with Crippen LogP contribution < -0.4 is 4.74 Å². The van der Waals surface area contributed by atoms with Crippen molar-refractivity contribution in [3.8, 4) is 23.5 Å². The predicted molar refractivity (Wildman–Crippen MR) is 56.0 cm³/mol. The third-order valence-electron chi connectivity index (χ3n) is 1.75. The third-order valence-corrected chi connectivity index (χ3v) is 1.75. The summed E-state index contributed by atoms with van der Waals surface area (Å²) in [5.74, 6) is 3.41. The van der Waals surface area contributed by atoms with Gasteiger partial charge in [0.05, 0.1) is 0 Å². The number of rotatable bonds is 3. The van der Waals surface area contributed by atoms with Crippen LogP contribution in [0.25, 0.3) is 0 Å². The summed E-state index contributed by atoms with van der Waals surface area (Å²) < 4.78 is 5.07. The van der Waals surface area contributed by atoms with Crippen molar-refractivity contribution in [3.05, 3.63) is 24.3 Å². The number of hydrogen-bond donors (Lipinski definition) is 1. The summed E-state index contributed by atoms with van der Waals surface area (Å²) in [6, 6.07) is 6.79. The van der Waals surface area contributed by atoms with Crippen LogP contribution in [0.15, 0.2) is 24.3 Å². The van der Waals surface area contributed by atoms with Crippen LogP contribution in [-0.2, 0) is 0 Å². The molecular weight excluding hydrogens is 176 g/mol. The molecule has 1 aromatic rings. The fourth-order valence-electron chi connectivity index (χ4n) is 0.951. The van der Waals surface area contributed by atoms with Gasteiger partial charge in [-0.15, -0.1) is 0 Å². The Hall–Kier alpha value is -1.62. The standard InChI is InChI=1S/C12H14O2/c1-2-3-4-7-10-14-12-9-6-5-8-11(12)13/h5-6,8-9,13H,2-4H2,1H3. The van der Waals surface area contributed by atoms with Crippen molar-refractivity contribution in [2.45, 2.75) is 26.2 Å². The molecule has 2 heteroatoms. The van der Waals surface area contributed by atoms with Gasteiger partial charge in [-0.3, -0.25) is 0 Å². The predicted octanol–water partition coefficient (Wildman–Crippen LogP) is 2.92. The van der Waals surface area contributed by atoms with Gasteiger partial charge in [0.15, 0.2) is 11.5 Å². The molecule has 1 N–H and O–H groups in total. The summed E-state index contributed by atoms with van der Waals surface area (Å²) in [5.41, 5.74) is 0. The first-order valence-electron chi connectivity index (χ1n) is 4.77. The second kappa shape index (κ2) is 5.93. The largest absolute Gasteiger partial charge is 0.504 e. The molecule has 2 nitrogen and oxygen atoms in total. The van der Waals surface area contributed by atoms with E-state index in [1.165, 1.54) is 0 Å². The molecule has 1 aromatic carbocycles. The lowest BCUT2D eigenvalue weighted by Gasteiger charge is -1.98. The highest BCUT2D eigenvalue weighted by atomic mass is 16.5. The lowest BCUT2D eigenvalue weighted by Crippen LogP contribution is -1.82. The minimum atomic E-state index is 0.122. The number of phenols is 1. The Morgan fingerprint density at radius 1 is 1.36 bits per heavy atom. The molecule has 0 unspecified atom stereocenters. The molecule has 0 spiro atoms. The van der Waals surface area contributed by atoms with Gasteiger partial charge in [-0.25, -0.2) is 0 Å². The van der Waals surface area contributed by atoms with E-state index in [-0.39, 0.29) is 5.75 Å². The second-order valence-electron chi connectivity index (χ2n) is 2.95. The van der Waals surface area contributed by atoms with Gasteiger partial charge in [0.25, 0.3) is 0 Å². The van der Waals surface area contributed by atoms with E-state index in [0.29, 0.717) is 5.75 Å². The highest BCUT2D eigenvalue weighted by molar-refractivity contribution is 5.38. The molecule has 0 radical (unpaired) electrons. The van der Waals surface area contributed by atoms with E-state index in [1.807, 2.05) is 0 Å². The fraction of sp³-hybridized carbons (Fsp3) is 0.333. The van der Waals surface area contributed by atoms with Crippen molar-refractivity contribution in [2.75, 3.05) is 0 Å². The SMILES string of the molecule is CCCCC#COc1ccccc1O. The Labute approximate surface area is 84.5 Å². The van der Waals surface area contributed by atoms with Crippen molar-refractivity contribution >= 4 is 0 Å². The Morgan fingerprint density at radius 2 is 2.14 bits per heavy atom. The van der Waals surface area contributed by atoms with E-state index in [0.717, 1.165) is 19.3 Å². The topological polar surface area (TPSA) is 29.5 Å². The zero-order chi connectivity index (χ0) is 10.2. The Kier molecular flexibility index (Phi) is 4.43. The van der Waals surface area contributed by atoms with Crippen LogP contribution in [0, 0.1) is 12.0 Å². The first kappa shape index (κ1) is 10.5. The third kappa shape index (κ3) is 3.40. The molecule has 1 rings (SSSR count). The number of phenolic OH excluding ortho intramolecular Hbond substituents is 1. The zero-order valence-electron chi connectivity index (χ0n) is 8.29. The van der Waals surface area contributed by atoms with E-state index in [9.17, 15) is 5.11 Å². The smallest absolute Gasteiger partial charge is 0.181 e. The van der Waals surface area contributed by atoms with Crippen LogP contribution in [0.4, 0.5) is 0 Å². The number of para-hydroxylation sites is 2. The van der Waals surface area contributed by atoms with Crippen molar-refractivity contribution < 1.29 is 9.84 Å². The molecule has 14 heavy (non-hydrogen) atoms. The van der Waals surface area contributed by atoms with Gasteiger partial charge in [-0.2, -0.15) is 0 Å². The monoisotopic (exact) mass is 190 g/mol. The number of hydrogen-bond acceptors (Lipinski definition) is 2. The Bertz CT molecular complexity index is 334. The Balaban J connectivity index is 2.44. The molecule has 0 fully saturated rings. The summed E-state index contributed by atoms with van der Waals surface area (Å²) in [4.78, 5) is 0. The van der Waals surface area contributed by atoms with Gasteiger partial charge in [0.2, 0.25) is 0 Å². The molecule has 0 saturated heterocycles. The van der Waals surface area contributed by atoms with Gasteiger partial charge < -0.3 is 9.84 Å². The molecule has 74 valence electrons. The minimum Gasteiger partial charge on any atom is -0.504 e. The van der Waals surface area contributed by atoms with Gasteiger partial charge in [-0.05, 0) is 18.6 Å². The number of ether oxygens (including phenoxy) is 1. The van der Waals surface area contributed by atoms with Crippen LogP contribution in [0.2, 0.25) is 0 Å². The Morgan fingerprint density at radius 3 is 2.86 bits per heavy atom. The van der Waals surface area contributed by atoms with E-state index >= 15 is 0 Å². The maximum absolute atomic E-state index is 9.32. The average molecular weight is 190 g/mol. The van der Waals surface area contributed by atoms with Crippen molar-refractivity contribution in [1.82, 2.24) is 0 Å². The summed E-state index contributed by atoms with van der Waals surface area (Å²) >= 11 is 0. The number of unbranched alkanes of at least 4 members (excludes halogenated alkanes) is 2. The van der Waals surface area contributed by atoms with E-state index in [2.05, 4.69) is 19.0 Å². The quantitative estimate of drug-likeness (QED) is 0.586. The molecule has 0 aliphatic carbocycles. The highest BCUT2D eigenvalue weighted by Crippen LogP contribution is 2.23. The molecule has 0 aromatic heterocycles. The summed E-state index contributed by atoms with van der Waals surface area (Å²) in [5, 5.41) is 9.32. The number of benzene rings is 1. The molecule has 0 saturated carbocycles. The average Bonchev–Trinajstić information content (AvgIpc) is 2.20. The van der Waals surface area contributed by atoms with Crippen LogP contribution >= 0.6 is 0 Å². The van der Waals surface area contributed by atoms with Gasteiger partial charge in [0.1, 0.15) is 6.11 Å². The lowest BCUT2D eigenvalue weighted by atomic mass is 10.3. The first-order valence-corrected chi connectivity index (χ1v) is 4.77. The number of aromatic hydroxyl groups is 1. The maximum Gasteiger partial charge on any atom is 0.181 e. The zero-order valence-corrected chi connectivity index (χ0v) is 8.29. The van der Waals surface area contributed by atoms with Gasteiger partial charge >= 0.3 is 0 Å². The highest BCUT2D eigenvalue weighted by Gasteiger charge is 1.96. The van der Waals surface area contributed by atoms with E-state index < -0.39 is 0 Å². The van der Waals surface area contributed by atoms with E-state index in [4.69, 9.17) is 4.74 Å². The molecule has 0 bridgehead atoms. The van der Waals surface area contributed by atoms with E-state index in [1.54, 1.807) is 24.3 Å². The van der Waals surface area contributed by atoms with Gasteiger partial charge in [-0.1, -0.05) is 31.4 Å². The van der Waals surface area contributed by atoms with Crippen molar-refractivity contribution in [1.29, 1.82) is 0 Å². The van der Waals surface area contributed by atoms with Crippen LogP contribution in [0.3, 0.4) is 0 Å². The van der Waals surface area contributed by atoms with Crippen LogP contribution in [0.5, 0.6) is 11.5 Å². The summed E-state index contributed by atoms with van der Waals surface area (Å²) in [6.07, 6.45) is 5.62. The second-order valence-corrected chi connectivity index (χ2v) is 2.95. The van der Waals surface area contributed by atoms with Gasteiger partial charge in [0, 0.05) is 6.42 Å². The molecule has 0 amide bonds. The normalized spacial score (nSPS) is 8.93. The van der Waals surface area contributed by atoms with Crippen molar-refractivity contribution in [3.63, 3.8) is 0 Å². The lowest BCUT2D eigenvalue weighted by molar-refractivity contribution is 0.424. The molecule has 0 aliphatic rings. The molecule has 0 atom stereocenters. The summed E-state index contributed by atoms with van der Waals surface area (Å²) in [7, 11) is 0. The molecule has 0 aliphatic heterocycles. The van der Waals surface area contributed by atoms with Crippen molar-refractivity contribution in [2.24, 2.45) is 0 Å². The molecule has 0 heterocycles. The fourth-order valence-corrected chi connectivity index (χ4v) is 0.951. The summed E-state index contributed by atoms with van der Waals surface area (Å²) in [6.45, 7) is 2.12. The first-order chi connectivity index (χ1) is 6.84. The molecular formula is C12H14O2.